The van der Waals surface area contributed by atoms with Crippen LogP contribution in [0.2, 0.25) is 0 Å². The summed E-state index contributed by atoms with van der Waals surface area (Å²) in [5.74, 6) is -0.727. The van der Waals surface area contributed by atoms with Crippen LogP contribution in [0.4, 0.5) is 10.1 Å². The Balaban J connectivity index is 2.97. The molecule has 0 unspecified atom stereocenters. The molecule has 0 saturated heterocycles. The highest BCUT2D eigenvalue weighted by Crippen LogP contribution is 2.19. The summed E-state index contributed by atoms with van der Waals surface area (Å²) in [5, 5.41) is 8.60. The number of anilines is 1. The average molecular weight is 285 g/mol. The van der Waals surface area contributed by atoms with Crippen LogP contribution in [-0.2, 0) is 4.79 Å². The summed E-state index contributed by atoms with van der Waals surface area (Å²) in [6, 6.07) is 7.95. The molecule has 5 heteroatoms. The van der Waals surface area contributed by atoms with E-state index in [1.807, 2.05) is 6.07 Å². The van der Waals surface area contributed by atoms with Crippen LogP contribution >= 0.6 is 15.9 Å². The number of hydrogen-bond acceptors (Lipinski definition) is 2. The van der Waals surface area contributed by atoms with Crippen LogP contribution in [0.1, 0.15) is 6.42 Å². The second-order valence-corrected chi connectivity index (χ2v) is 3.60. The molecule has 0 aromatic heterocycles. The Bertz CT molecular complexity index is 417. The van der Waals surface area contributed by atoms with Crippen LogP contribution in [0.15, 0.2) is 24.3 Å². The van der Waals surface area contributed by atoms with Gasteiger partial charge in [-0.15, -0.1) is 0 Å². The van der Waals surface area contributed by atoms with E-state index in [0.717, 1.165) is 0 Å². The smallest absolute Gasteiger partial charge is 0.237 e. The Labute approximate surface area is 102 Å². The molecule has 0 spiro atoms. The van der Waals surface area contributed by atoms with Gasteiger partial charge in [0.05, 0.1) is 23.5 Å². The van der Waals surface area contributed by atoms with Gasteiger partial charge in [-0.05, 0) is 12.1 Å². The summed E-state index contributed by atoms with van der Waals surface area (Å²) < 4.78 is 13.5. The van der Waals surface area contributed by atoms with Gasteiger partial charge in [0.1, 0.15) is 5.82 Å². The number of rotatable bonds is 4. The lowest BCUT2D eigenvalue weighted by molar-refractivity contribution is -0.116. The Morgan fingerprint density at radius 1 is 1.50 bits per heavy atom. The zero-order chi connectivity index (χ0) is 12.0. The number of nitrogens with zero attached hydrogens (tertiary/aromatic N) is 2. The van der Waals surface area contributed by atoms with E-state index in [2.05, 4.69) is 15.9 Å². The van der Waals surface area contributed by atoms with Gasteiger partial charge >= 0.3 is 0 Å². The largest absolute Gasteiger partial charge is 0.308 e. The Morgan fingerprint density at radius 2 is 2.19 bits per heavy atom. The van der Waals surface area contributed by atoms with Crippen molar-refractivity contribution < 1.29 is 9.18 Å². The summed E-state index contributed by atoms with van der Waals surface area (Å²) in [7, 11) is 0. The topological polar surface area (TPSA) is 44.1 Å². The molecule has 0 N–H and O–H groups in total. The Morgan fingerprint density at radius 3 is 2.75 bits per heavy atom. The molecule has 3 nitrogen and oxygen atoms in total. The first-order valence-electron chi connectivity index (χ1n) is 4.68. The van der Waals surface area contributed by atoms with Crippen LogP contribution in [0.3, 0.4) is 0 Å². The van der Waals surface area contributed by atoms with Crippen LogP contribution in [-0.4, -0.2) is 17.8 Å². The highest BCUT2D eigenvalue weighted by Gasteiger charge is 2.16. The van der Waals surface area contributed by atoms with Crippen LogP contribution in [0, 0.1) is 17.1 Å². The molecule has 0 aliphatic rings. The summed E-state index contributed by atoms with van der Waals surface area (Å²) >= 11 is 3.03. The molecule has 0 aliphatic heterocycles. The quantitative estimate of drug-likeness (QED) is 0.798. The number of hydrogen-bond donors (Lipinski definition) is 0. The van der Waals surface area contributed by atoms with E-state index in [0.29, 0.717) is 0 Å². The van der Waals surface area contributed by atoms with Crippen molar-refractivity contribution in [2.24, 2.45) is 0 Å². The summed E-state index contributed by atoms with van der Waals surface area (Å²) in [6.07, 6.45) is 0.174. The monoisotopic (exact) mass is 284 g/mol. The molecular weight excluding hydrogens is 275 g/mol. The molecule has 1 rings (SSSR count). The van der Waals surface area contributed by atoms with E-state index in [1.165, 1.54) is 17.0 Å². The lowest BCUT2D eigenvalue weighted by Gasteiger charge is -2.21. The fraction of sp³-hybridized carbons (Fsp3) is 0.273. The zero-order valence-corrected chi connectivity index (χ0v) is 10.1. The van der Waals surface area contributed by atoms with E-state index in [4.69, 9.17) is 5.26 Å². The molecule has 0 atom stereocenters. The number of alkyl halides is 1. The number of amides is 1. The van der Waals surface area contributed by atoms with Crippen molar-refractivity contribution in [1.29, 1.82) is 5.26 Å². The van der Waals surface area contributed by atoms with Gasteiger partial charge in [-0.3, -0.25) is 4.79 Å². The number of carbonyl (C=O) groups is 1. The standard InChI is InChI=1S/C11H10BrFN2O/c12-8-11(16)15(7-3-6-14)10-5-2-1-4-9(10)13/h1-2,4-5H,3,7-8H2. The number of para-hydroxylation sites is 1. The molecular formula is C11H10BrFN2O. The van der Waals surface area contributed by atoms with Gasteiger partial charge < -0.3 is 4.90 Å². The van der Waals surface area contributed by atoms with E-state index in [-0.39, 0.29) is 29.9 Å². The summed E-state index contributed by atoms with van der Waals surface area (Å²) in [6.45, 7) is 0.196. The lowest BCUT2D eigenvalue weighted by atomic mass is 10.2. The van der Waals surface area contributed by atoms with Crippen molar-refractivity contribution in [3.8, 4) is 6.07 Å². The third-order valence-corrected chi connectivity index (χ3v) is 2.49. The van der Waals surface area contributed by atoms with Crippen molar-refractivity contribution in [2.45, 2.75) is 6.42 Å². The number of halogens is 2. The van der Waals surface area contributed by atoms with Gasteiger partial charge in [-0.2, -0.15) is 5.26 Å². The van der Waals surface area contributed by atoms with Gasteiger partial charge in [0, 0.05) is 6.54 Å². The van der Waals surface area contributed by atoms with Gasteiger partial charge in [0.25, 0.3) is 0 Å². The van der Waals surface area contributed by atoms with Gasteiger partial charge in [-0.25, -0.2) is 4.39 Å². The fourth-order valence-electron chi connectivity index (χ4n) is 1.28. The Kier molecular flexibility index (Phi) is 4.93. The van der Waals surface area contributed by atoms with Crippen molar-refractivity contribution in [3.05, 3.63) is 30.1 Å². The summed E-state index contributed by atoms with van der Waals surface area (Å²) in [5.41, 5.74) is 0.210. The third kappa shape index (κ3) is 3.04. The van der Waals surface area contributed by atoms with Crippen LogP contribution in [0.5, 0.6) is 0 Å². The minimum atomic E-state index is -0.463. The predicted octanol–water partition coefficient (Wildman–Crippen LogP) is 2.47. The highest BCUT2D eigenvalue weighted by atomic mass is 79.9. The Hall–Kier alpha value is -1.41. The number of benzene rings is 1. The summed E-state index contributed by atoms with van der Waals surface area (Å²) in [4.78, 5) is 12.8. The molecule has 84 valence electrons. The fourth-order valence-corrected chi connectivity index (χ4v) is 1.59. The lowest BCUT2D eigenvalue weighted by Crippen LogP contribution is -2.33. The molecule has 1 aromatic rings. The van der Waals surface area contributed by atoms with Crippen molar-refractivity contribution in [1.82, 2.24) is 0 Å². The molecule has 0 bridgehead atoms. The maximum absolute atomic E-state index is 13.5. The van der Waals surface area contributed by atoms with E-state index in [9.17, 15) is 9.18 Å². The second kappa shape index (κ2) is 6.23. The van der Waals surface area contributed by atoms with Crippen LogP contribution < -0.4 is 4.90 Å². The maximum Gasteiger partial charge on any atom is 0.237 e. The first kappa shape index (κ1) is 12.7. The number of carbonyl (C=O) groups excluding carboxylic acids is 1. The molecule has 16 heavy (non-hydrogen) atoms. The highest BCUT2D eigenvalue weighted by molar-refractivity contribution is 9.09. The SMILES string of the molecule is N#CCCN(C(=O)CBr)c1ccccc1F. The minimum Gasteiger partial charge on any atom is -0.308 e. The molecule has 0 saturated carbocycles. The zero-order valence-electron chi connectivity index (χ0n) is 8.49. The van der Waals surface area contributed by atoms with E-state index < -0.39 is 5.82 Å². The average Bonchev–Trinajstić information content (AvgIpc) is 2.31. The molecule has 0 aliphatic carbocycles. The van der Waals surface area contributed by atoms with Crippen molar-refractivity contribution >= 4 is 27.5 Å². The van der Waals surface area contributed by atoms with Gasteiger partial charge in [0.2, 0.25) is 5.91 Å². The molecule has 1 aromatic carbocycles. The first-order valence-corrected chi connectivity index (χ1v) is 5.80. The number of nitriles is 1. The van der Waals surface area contributed by atoms with Crippen molar-refractivity contribution in [2.75, 3.05) is 16.8 Å². The molecule has 1 amide bonds. The molecule has 0 radical (unpaired) electrons. The van der Waals surface area contributed by atoms with Crippen molar-refractivity contribution in [3.63, 3.8) is 0 Å². The van der Waals surface area contributed by atoms with Gasteiger partial charge in [-0.1, -0.05) is 28.1 Å². The molecule has 0 heterocycles. The predicted molar refractivity (Wildman–Crippen MR) is 62.8 cm³/mol. The third-order valence-electron chi connectivity index (χ3n) is 2.01. The van der Waals surface area contributed by atoms with Crippen LogP contribution in [0.25, 0.3) is 0 Å². The first-order chi connectivity index (χ1) is 7.70. The molecule has 0 fully saturated rings. The van der Waals surface area contributed by atoms with E-state index >= 15 is 0 Å². The van der Waals surface area contributed by atoms with Gasteiger partial charge in [0.15, 0.2) is 0 Å². The maximum atomic E-state index is 13.5. The normalized spacial score (nSPS) is 9.56. The van der Waals surface area contributed by atoms with E-state index in [1.54, 1.807) is 12.1 Å². The minimum absolute atomic E-state index is 0.104. The second-order valence-electron chi connectivity index (χ2n) is 3.04.